The third kappa shape index (κ3) is 2.84. The highest BCUT2D eigenvalue weighted by Gasteiger charge is 2.46. The van der Waals surface area contributed by atoms with Gasteiger partial charge in [-0.1, -0.05) is 33.1 Å². The molecule has 0 amide bonds. The summed E-state index contributed by atoms with van der Waals surface area (Å²) in [7, 11) is 3.89. The molecule has 0 spiro atoms. The van der Waals surface area contributed by atoms with Crippen LogP contribution >= 0.6 is 0 Å². The molecule has 1 aliphatic carbocycles. The number of rotatable bonds is 5. The number of carbonyl (C=O) groups excluding carboxylic acids is 1. The first-order chi connectivity index (χ1) is 7.61. The van der Waals surface area contributed by atoms with Gasteiger partial charge in [0.2, 0.25) is 0 Å². The molecule has 1 saturated carbocycles. The predicted molar refractivity (Wildman–Crippen MR) is 70.2 cm³/mol. The molecule has 1 fully saturated rings. The van der Waals surface area contributed by atoms with E-state index in [1.54, 1.807) is 12.2 Å². The minimum absolute atomic E-state index is 0.268. The lowest BCUT2D eigenvalue weighted by atomic mass is 9.95. The second kappa shape index (κ2) is 6.31. The van der Waals surface area contributed by atoms with E-state index in [1.807, 2.05) is 32.8 Å². The molecule has 0 aliphatic heterocycles. The molecule has 0 aromatic heterocycles. The van der Waals surface area contributed by atoms with Gasteiger partial charge < -0.3 is 9.69 Å². The van der Waals surface area contributed by atoms with Gasteiger partial charge in [-0.2, -0.15) is 0 Å². The zero-order valence-corrected chi connectivity index (χ0v) is 10.9. The van der Waals surface area contributed by atoms with Crippen molar-refractivity contribution in [3.63, 3.8) is 0 Å². The smallest absolute Gasteiger partial charge is 0.130 e. The summed E-state index contributed by atoms with van der Waals surface area (Å²) in [5, 5.41) is 0. The average Bonchev–Trinajstić information content (AvgIpc) is 3.08. The Labute approximate surface area is 99.3 Å². The normalized spacial score (nSPS) is 17.2. The first kappa shape index (κ1) is 14.7. The van der Waals surface area contributed by atoms with Crippen molar-refractivity contribution in [3.05, 3.63) is 36.6 Å². The number of hydrogen-bond acceptors (Lipinski definition) is 2. The van der Waals surface area contributed by atoms with E-state index >= 15 is 0 Å². The van der Waals surface area contributed by atoms with E-state index in [2.05, 4.69) is 13.2 Å². The first-order valence-electron chi connectivity index (χ1n) is 5.74. The van der Waals surface area contributed by atoms with Crippen LogP contribution in [0.2, 0.25) is 0 Å². The molecule has 0 N–H and O–H groups in total. The Kier molecular flexibility index (Phi) is 5.79. The van der Waals surface area contributed by atoms with Gasteiger partial charge in [0.25, 0.3) is 0 Å². The molecule has 90 valence electrons. The number of hydrogen-bond donors (Lipinski definition) is 0. The lowest BCUT2D eigenvalue weighted by Crippen LogP contribution is -2.16. The molecule has 0 radical (unpaired) electrons. The van der Waals surface area contributed by atoms with Crippen LogP contribution in [-0.4, -0.2) is 25.3 Å². The van der Waals surface area contributed by atoms with Crippen LogP contribution in [0.4, 0.5) is 0 Å². The maximum absolute atomic E-state index is 11.0. The molecular formula is C14H23NO. The summed E-state index contributed by atoms with van der Waals surface area (Å²) in [4.78, 5) is 13.0. The quantitative estimate of drug-likeness (QED) is 0.525. The van der Waals surface area contributed by atoms with Crippen molar-refractivity contribution in [2.45, 2.75) is 26.7 Å². The maximum Gasteiger partial charge on any atom is 0.130 e. The summed E-state index contributed by atoms with van der Waals surface area (Å²) in [5.41, 5.74) is 1.73. The van der Waals surface area contributed by atoms with E-state index in [9.17, 15) is 4.79 Å². The number of nitrogens with zero attached hydrogens (tertiary/aromatic N) is 1. The van der Waals surface area contributed by atoms with Gasteiger partial charge in [-0.25, -0.2) is 0 Å². The standard InChI is InChI=1S/C12H17NO.C2H6/c1-5-10(11(6-2)13(3)4)12(9-14)7-8-12;1-2/h5-6,9H,1-2,7-8H2,3-4H3;1-2H3/b11-10-;. The highest BCUT2D eigenvalue weighted by Crippen LogP contribution is 2.51. The van der Waals surface area contributed by atoms with Gasteiger partial charge in [0.15, 0.2) is 0 Å². The molecule has 1 rings (SSSR count). The summed E-state index contributed by atoms with van der Waals surface area (Å²) in [6.45, 7) is 11.5. The molecule has 0 aromatic carbocycles. The lowest BCUT2D eigenvalue weighted by molar-refractivity contribution is -0.111. The Balaban J connectivity index is 0.00000106. The van der Waals surface area contributed by atoms with Gasteiger partial charge in [0.05, 0.1) is 5.41 Å². The van der Waals surface area contributed by atoms with Gasteiger partial charge in [-0.05, 0) is 24.5 Å². The van der Waals surface area contributed by atoms with Gasteiger partial charge >= 0.3 is 0 Å². The summed E-state index contributed by atoms with van der Waals surface area (Å²) < 4.78 is 0. The van der Waals surface area contributed by atoms with Crippen molar-refractivity contribution in [3.8, 4) is 0 Å². The van der Waals surface area contributed by atoms with Crippen molar-refractivity contribution >= 4 is 6.29 Å². The van der Waals surface area contributed by atoms with E-state index in [4.69, 9.17) is 0 Å². The molecule has 16 heavy (non-hydrogen) atoms. The fourth-order valence-electron chi connectivity index (χ4n) is 1.68. The number of aldehydes is 1. The Morgan fingerprint density at radius 1 is 1.19 bits per heavy atom. The number of carbonyl (C=O) groups is 1. The van der Waals surface area contributed by atoms with Crippen molar-refractivity contribution < 1.29 is 4.79 Å². The van der Waals surface area contributed by atoms with Crippen LogP contribution in [-0.2, 0) is 4.79 Å². The second-order valence-corrected chi connectivity index (χ2v) is 3.88. The van der Waals surface area contributed by atoms with Crippen LogP contribution in [0.15, 0.2) is 36.6 Å². The van der Waals surface area contributed by atoms with Crippen LogP contribution in [0.3, 0.4) is 0 Å². The molecule has 2 nitrogen and oxygen atoms in total. The molecule has 0 aromatic rings. The van der Waals surface area contributed by atoms with E-state index in [-0.39, 0.29) is 5.41 Å². The third-order valence-corrected chi connectivity index (χ3v) is 2.71. The first-order valence-corrected chi connectivity index (χ1v) is 5.74. The number of likely N-dealkylation sites (N-methyl/N-ethyl adjacent to an activating group) is 1. The zero-order chi connectivity index (χ0) is 12.8. The molecule has 2 heteroatoms. The highest BCUT2D eigenvalue weighted by atomic mass is 16.1. The summed E-state index contributed by atoms with van der Waals surface area (Å²) in [6.07, 6.45) is 6.46. The van der Waals surface area contributed by atoms with Crippen molar-refractivity contribution in [1.29, 1.82) is 0 Å². The minimum atomic E-state index is -0.268. The summed E-state index contributed by atoms with van der Waals surface area (Å²) in [5.74, 6) is 0. The second-order valence-electron chi connectivity index (χ2n) is 3.88. The van der Waals surface area contributed by atoms with E-state index in [1.165, 1.54) is 0 Å². The van der Waals surface area contributed by atoms with Crippen LogP contribution in [0.5, 0.6) is 0 Å². The monoisotopic (exact) mass is 221 g/mol. The Morgan fingerprint density at radius 2 is 1.69 bits per heavy atom. The number of allylic oxidation sites excluding steroid dienone is 3. The van der Waals surface area contributed by atoms with Gasteiger partial charge in [0, 0.05) is 19.8 Å². The average molecular weight is 221 g/mol. The molecule has 0 atom stereocenters. The Bertz CT molecular complexity index is 296. The molecule has 0 bridgehead atoms. The van der Waals surface area contributed by atoms with Crippen LogP contribution in [0.1, 0.15) is 26.7 Å². The largest absolute Gasteiger partial charge is 0.377 e. The van der Waals surface area contributed by atoms with Crippen molar-refractivity contribution in [2.75, 3.05) is 14.1 Å². The lowest BCUT2D eigenvalue weighted by Gasteiger charge is -2.20. The van der Waals surface area contributed by atoms with Crippen molar-refractivity contribution in [2.24, 2.45) is 5.41 Å². The van der Waals surface area contributed by atoms with E-state index in [0.29, 0.717) is 0 Å². The third-order valence-electron chi connectivity index (χ3n) is 2.71. The van der Waals surface area contributed by atoms with Gasteiger partial charge in [0.1, 0.15) is 6.29 Å². The molecule has 0 unspecified atom stereocenters. The van der Waals surface area contributed by atoms with Crippen LogP contribution < -0.4 is 0 Å². The van der Waals surface area contributed by atoms with E-state index < -0.39 is 0 Å². The topological polar surface area (TPSA) is 20.3 Å². The summed E-state index contributed by atoms with van der Waals surface area (Å²) in [6, 6.07) is 0. The molecule has 0 heterocycles. The maximum atomic E-state index is 11.0. The van der Waals surface area contributed by atoms with Crippen LogP contribution in [0, 0.1) is 5.41 Å². The SMILES string of the molecule is C=C/C(=C(\C=C)C1(C=O)CC1)N(C)C.CC. The fraction of sp³-hybridized carbons (Fsp3) is 0.500. The van der Waals surface area contributed by atoms with Crippen LogP contribution in [0.25, 0.3) is 0 Å². The Morgan fingerprint density at radius 3 is 1.88 bits per heavy atom. The summed E-state index contributed by atoms with van der Waals surface area (Å²) >= 11 is 0. The van der Waals surface area contributed by atoms with Crippen molar-refractivity contribution in [1.82, 2.24) is 4.90 Å². The molecular weight excluding hydrogens is 198 g/mol. The zero-order valence-electron chi connectivity index (χ0n) is 10.9. The highest BCUT2D eigenvalue weighted by molar-refractivity contribution is 5.72. The van der Waals surface area contributed by atoms with Gasteiger partial charge in [-0.15, -0.1) is 0 Å². The minimum Gasteiger partial charge on any atom is -0.377 e. The van der Waals surface area contributed by atoms with Gasteiger partial charge in [-0.3, -0.25) is 0 Å². The predicted octanol–water partition coefficient (Wildman–Crippen LogP) is 3.18. The molecule has 0 saturated heterocycles. The molecule has 1 aliphatic rings. The van der Waals surface area contributed by atoms with E-state index in [0.717, 1.165) is 30.4 Å². The Hall–Kier alpha value is -1.31. The fourth-order valence-corrected chi connectivity index (χ4v) is 1.68.